The third-order valence-corrected chi connectivity index (χ3v) is 4.84. The molecule has 0 spiro atoms. The molecule has 0 saturated carbocycles. The number of likely N-dealkylation sites (tertiary alicyclic amines) is 1. The minimum atomic E-state index is 0. The SMILES string of the molecule is CCOCCCNC(N)=NCC(c1cccs1)N1CCCC1.I. The van der Waals surface area contributed by atoms with E-state index in [4.69, 9.17) is 10.5 Å². The zero-order valence-electron chi connectivity index (χ0n) is 13.9. The number of hydrogen-bond acceptors (Lipinski definition) is 4. The van der Waals surface area contributed by atoms with Gasteiger partial charge in [0, 0.05) is 24.6 Å². The van der Waals surface area contributed by atoms with Gasteiger partial charge < -0.3 is 15.8 Å². The maximum atomic E-state index is 5.97. The monoisotopic (exact) mass is 452 g/mol. The Morgan fingerprint density at radius 1 is 1.48 bits per heavy atom. The fraction of sp³-hybridized carbons (Fsp3) is 0.688. The maximum absolute atomic E-state index is 5.97. The van der Waals surface area contributed by atoms with E-state index in [1.54, 1.807) is 0 Å². The second-order valence-electron chi connectivity index (χ2n) is 5.48. The highest BCUT2D eigenvalue weighted by atomic mass is 127. The first-order chi connectivity index (χ1) is 10.8. The van der Waals surface area contributed by atoms with Crippen molar-refractivity contribution in [2.75, 3.05) is 39.4 Å². The van der Waals surface area contributed by atoms with E-state index >= 15 is 0 Å². The summed E-state index contributed by atoms with van der Waals surface area (Å²) >= 11 is 1.81. The third-order valence-electron chi connectivity index (χ3n) is 3.86. The van der Waals surface area contributed by atoms with Crippen molar-refractivity contribution in [1.82, 2.24) is 10.2 Å². The molecular formula is C16H29IN4OS. The lowest BCUT2D eigenvalue weighted by atomic mass is 10.2. The lowest BCUT2D eigenvalue weighted by Crippen LogP contribution is -2.34. The van der Waals surface area contributed by atoms with E-state index in [9.17, 15) is 0 Å². The van der Waals surface area contributed by atoms with Crippen LogP contribution in [0.5, 0.6) is 0 Å². The fourth-order valence-electron chi connectivity index (χ4n) is 2.70. The van der Waals surface area contributed by atoms with Crippen LogP contribution in [0.3, 0.4) is 0 Å². The van der Waals surface area contributed by atoms with Gasteiger partial charge in [-0.2, -0.15) is 0 Å². The van der Waals surface area contributed by atoms with E-state index in [1.165, 1.54) is 30.8 Å². The molecule has 23 heavy (non-hydrogen) atoms. The summed E-state index contributed by atoms with van der Waals surface area (Å²) in [6.45, 7) is 7.41. The molecule has 3 N–H and O–H groups in total. The highest BCUT2D eigenvalue weighted by Gasteiger charge is 2.23. The van der Waals surface area contributed by atoms with Crippen LogP contribution >= 0.6 is 35.3 Å². The van der Waals surface area contributed by atoms with Gasteiger partial charge in [-0.25, -0.2) is 0 Å². The molecule has 1 aliphatic rings. The Morgan fingerprint density at radius 2 is 2.26 bits per heavy atom. The summed E-state index contributed by atoms with van der Waals surface area (Å²) in [6, 6.07) is 4.68. The van der Waals surface area contributed by atoms with Crippen molar-refractivity contribution in [3.8, 4) is 0 Å². The number of guanidine groups is 1. The van der Waals surface area contributed by atoms with Gasteiger partial charge in [-0.15, -0.1) is 35.3 Å². The van der Waals surface area contributed by atoms with E-state index in [2.05, 4.69) is 32.7 Å². The number of rotatable bonds is 9. The molecule has 1 saturated heterocycles. The summed E-state index contributed by atoms with van der Waals surface area (Å²) in [5.74, 6) is 0.539. The molecule has 1 fully saturated rings. The summed E-state index contributed by atoms with van der Waals surface area (Å²) in [6.07, 6.45) is 3.53. The molecule has 1 aromatic heterocycles. The van der Waals surface area contributed by atoms with E-state index in [-0.39, 0.29) is 24.0 Å². The van der Waals surface area contributed by atoms with Gasteiger partial charge in [-0.1, -0.05) is 6.07 Å². The first kappa shape index (κ1) is 20.7. The van der Waals surface area contributed by atoms with Gasteiger partial charge in [0.1, 0.15) is 0 Å². The van der Waals surface area contributed by atoms with Crippen LogP contribution in [0.4, 0.5) is 0 Å². The van der Waals surface area contributed by atoms with Crippen molar-refractivity contribution >= 4 is 41.3 Å². The Balaban J connectivity index is 0.00000264. The molecule has 0 bridgehead atoms. The Labute approximate surface area is 160 Å². The molecule has 1 unspecified atom stereocenters. The minimum absolute atomic E-state index is 0. The van der Waals surface area contributed by atoms with Crippen molar-refractivity contribution in [2.45, 2.75) is 32.2 Å². The van der Waals surface area contributed by atoms with E-state index in [0.29, 0.717) is 12.0 Å². The average Bonchev–Trinajstić information content (AvgIpc) is 3.21. The maximum Gasteiger partial charge on any atom is 0.188 e. The molecular weight excluding hydrogens is 423 g/mol. The number of halogens is 1. The smallest absolute Gasteiger partial charge is 0.188 e. The first-order valence-electron chi connectivity index (χ1n) is 8.20. The Bertz CT molecular complexity index is 435. The van der Waals surface area contributed by atoms with Crippen LogP contribution in [0, 0.1) is 0 Å². The molecule has 0 amide bonds. The van der Waals surface area contributed by atoms with E-state index < -0.39 is 0 Å². The summed E-state index contributed by atoms with van der Waals surface area (Å²) in [7, 11) is 0. The molecule has 1 aliphatic heterocycles. The highest BCUT2D eigenvalue weighted by Crippen LogP contribution is 2.28. The van der Waals surface area contributed by atoms with Crippen molar-refractivity contribution < 1.29 is 4.74 Å². The minimum Gasteiger partial charge on any atom is -0.382 e. The summed E-state index contributed by atoms with van der Waals surface area (Å²) in [5.41, 5.74) is 5.97. The van der Waals surface area contributed by atoms with Crippen LogP contribution in [0.2, 0.25) is 0 Å². The second kappa shape index (κ2) is 12.0. The highest BCUT2D eigenvalue weighted by molar-refractivity contribution is 14.0. The topological polar surface area (TPSA) is 62.9 Å². The largest absolute Gasteiger partial charge is 0.382 e. The van der Waals surface area contributed by atoms with Crippen LogP contribution in [-0.2, 0) is 4.74 Å². The van der Waals surface area contributed by atoms with Gasteiger partial charge in [0.05, 0.1) is 12.6 Å². The fourth-order valence-corrected chi connectivity index (χ4v) is 3.55. The Morgan fingerprint density at radius 3 is 2.91 bits per heavy atom. The lowest BCUT2D eigenvalue weighted by molar-refractivity contribution is 0.145. The quantitative estimate of drug-likeness (QED) is 0.262. The number of ether oxygens (including phenoxy) is 1. The van der Waals surface area contributed by atoms with Gasteiger partial charge in [0.2, 0.25) is 0 Å². The van der Waals surface area contributed by atoms with E-state index in [0.717, 1.165) is 32.7 Å². The lowest BCUT2D eigenvalue weighted by Gasteiger charge is -2.25. The van der Waals surface area contributed by atoms with Crippen LogP contribution in [0.1, 0.15) is 37.1 Å². The zero-order valence-corrected chi connectivity index (χ0v) is 17.0. The Kier molecular flexibility index (Phi) is 10.8. The molecule has 2 heterocycles. The van der Waals surface area contributed by atoms with Gasteiger partial charge in [-0.3, -0.25) is 9.89 Å². The van der Waals surface area contributed by atoms with Crippen LogP contribution in [-0.4, -0.2) is 50.3 Å². The Hall–Kier alpha value is -0.380. The van der Waals surface area contributed by atoms with Crippen molar-refractivity contribution in [3.63, 3.8) is 0 Å². The van der Waals surface area contributed by atoms with Crippen molar-refractivity contribution in [1.29, 1.82) is 0 Å². The predicted octanol–water partition coefficient (Wildman–Crippen LogP) is 2.83. The average molecular weight is 452 g/mol. The number of nitrogens with zero attached hydrogens (tertiary/aromatic N) is 2. The third kappa shape index (κ3) is 7.36. The van der Waals surface area contributed by atoms with E-state index in [1.807, 2.05) is 18.3 Å². The van der Waals surface area contributed by atoms with Gasteiger partial charge >= 0.3 is 0 Å². The molecule has 5 nitrogen and oxygen atoms in total. The molecule has 132 valence electrons. The number of thiophene rings is 1. The molecule has 1 atom stereocenters. The summed E-state index contributed by atoms with van der Waals surface area (Å²) < 4.78 is 5.30. The standard InChI is InChI=1S/C16H28N4OS.HI/c1-2-21-11-6-8-18-16(17)19-13-14(15-7-5-12-22-15)20-9-3-4-10-20;/h5,7,12,14H,2-4,6,8-11,13H2,1H3,(H3,17,18,19);1H. The van der Waals surface area contributed by atoms with Crippen LogP contribution in [0.25, 0.3) is 0 Å². The van der Waals surface area contributed by atoms with Crippen molar-refractivity contribution in [3.05, 3.63) is 22.4 Å². The number of nitrogens with one attached hydrogen (secondary N) is 1. The van der Waals surface area contributed by atoms with Crippen LogP contribution in [0.15, 0.2) is 22.5 Å². The normalized spacial score (nSPS) is 17.0. The van der Waals surface area contributed by atoms with Crippen LogP contribution < -0.4 is 11.1 Å². The molecule has 0 aliphatic carbocycles. The molecule has 7 heteroatoms. The van der Waals surface area contributed by atoms with Gasteiger partial charge in [0.15, 0.2) is 5.96 Å². The zero-order chi connectivity index (χ0) is 15.6. The summed E-state index contributed by atoms with van der Waals surface area (Å²) in [4.78, 5) is 8.46. The molecule has 1 aromatic rings. The first-order valence-corrected chi connectivity index (χ1v) is 9.08. The summed E-state index contributed by atoms with van der Waals surface area (Å²) in [5, 5.41) is 5.30. The van der Waals surface area contributed by atoms with Gasteiger partial charge in [-0.05, 0) is 50.7 Å². The molecule has 0 radical (unpaired) electrons. The number of aliphatic imine (C=N–C) groups is 1. The van der Waals surface area contributed by atoms with Crippen molar-refractivity contribution in [2.24, 2.45) is 10.7 Å². The second-order valence-corrected chi connectivity index (χ2v) is 6.46. The number of nitrogens with two attached hydrogens (primary N) is 1. The molecule has 0 aromatic carbocycles. The van der Waals surface area contributed by atoms with Gasteiger partial charge in [0.25, 0.3) is 0 Å². The molecule has 2 rings (SSSR count). The predicted molar refractivity (Wildman–Crippen MR) is 109 cm³/mol. The number of hydrogen-bond donors (Lipinski definition) is 2.